The van der Waals surface area contributed by atoms with Gasteiger partial charge in [0, 0.05) is 6.42 Å². The van der Waals surface area contributed by atoms with E-state index < -0.39 is 37.3 Å². The van der Waals surface area contributed by atoms with E-state index >= 15 is 0 Å². The van der Waals surface area contributed by atoms with E-state index in [1.165, 1.54) is 6.07 Å². The second kappa shape index (κ2) is 10.2. The zero-order valence-corrected chi connectivity index (χ0v) is 18.4. The van der Waals surface area contributed by atoms with E-state index in [0.717, 1.165) is 16.3 Å². The van der Waals surface area contributed by atoms with E-state index in [-0.39, 0.29) is 28.5 Å². The zero-order chi connectivity index (χ0) is 23.5. The standard InChI is InChI=1S/C25H25ClO7/c26-17-6-3-7-19(32-25-24(31)23(30)22(29)20(13-27)33-25)21(17)18(28)11-9-14-8-10-15-4-1-2-5-16(15)12-14/h1-8,10,12,20,22-25,27,29-31H,9,11,13H2/t20-,22-,23+,24-,25-/m1/s1. The number of carbonyl (C=O) groups is 1. The van der Waals surface area contributed by atoms with Crippen LogP contribution in [0.5, 0.6) is 5.75 Å². The Morgan fingerprint density at radius 3 is 2.45 bits per heavy atom. The molecule has 0 aliphatic carbocycles. The van der Waals surface area contributed by atoms with Gasteiger partial charge in [-0.2, -0.15) is 0 Å². The number of aryl methyl sites for hydroxylation is 1. The number of hydrogen-bond acceptors (Lipinski definition) is 7. The third kappa shape index (κ3) is 5.04. The Labute approximate surface area is 195 Å². The average molecular weight is 473 g/mol. The number of rotatable bonds is 7. The lowest BCUT2D eigenvalue weighted by molar-refractivity contribution is -0.277. The largest absolute Gasteiger partial charge is 0.461 e. The Bertz CT molecular complexity index is 1130. The first kappa shape index (κ1) is 23.6. The molecule has 0 amide bonds. The molecule has 5 atom stereocenters. The van der Waals surface area contributed by atoms with Crippen molar-refractivity contribution in [2.24, 2.45) is 0 Å². The molecular formula is C25H25ClO7. The molecule has 0 unspecified atom stereocenters. The number of Topliss-reactive ketones (excluding diaryl/α,β-unsaturated/α-hetero) is 1. The van der Waals surface area contributed by atoms with Gasteiger partial charge in [-0.05, 0) is 34.9 Å². The first-order valence-electron chi connectivity index (χ1n) is 10.7. The van der Waals surface area contributed by atoms with Crippen LogP contribution in [0.4, 0.5) is 0 Å². The number of ether oxygens (including phenoxy) is 2. The molecule has 4 N–H and O–H groups in total. The summed E-state index contributed by atoms with van der Waals surface area (Å²) in [6.07, 6.45) is -6.56. The predicted molar refractivity (Wildman–Crippen MR) is 122 cm³/mol. The molecule has 4 rings (SSSR count). The van der Waals surface area contributed by atoms with Crippen molar-refractivity contribution in [2.75, 3.05) is 6.61 Å². The van der Waals surface area contributed by atoms with Gasteiger partial charge in [-0.3, -0.25) is 4.79 Å². The van der Waals surface area contributed by atoms with E-state index in [4.69, 9.17) is 21.1 Å². The fourth-order valence-electron chi connectivity index (χ4n) is 3.94. The van der Waals surface area contributed by atoms with E-state index in [1.807, 2.05) is 42.5 Å². The number of benzene rings is 3. The molecule has 0 bridgehead atoms. The maximum atomic E-state index is 13.1. The molecule has 0 saturated carbocycles. The summed E-state index contributed by atoms with van der Waals surface area (Å²) >= 11 is 6.31. The van der Waals surface area contributed by atoms with Gasteiger partial charge in [0.25, 0.3) is 0 Å². The van der Waals surface area contributed by atoms with Crippen molar-refractivity contribution in [2.45, 2.75) is 43.5 Å². The fourth-order valence-corrected chi connectivity index (χ4v) is 4.21. The summed E-state index contributed by atoms with van der Waals surface area (Å²) in [7, 11) is 0. The summed E-state index contributed by atoms with van der Waals surface area (Å²) in [6, 6.07) is 18.7. The van der Waals surface area contributed by atoms with Crippen molar-refractivity contribution in [3.05, 3.63) is 76.8 Å². The highest BCUT2D eigenvalue weighted by Gasteiger charge is 2.45. The lowest BCUT2D eigenvalue weighted by Gasteiger charge is -2.39. The maximum Gasteiger partial charge on any atom is 0.229 e. The molecule has 3 aromatic carbocycles. The normalized spacial score (nSPS) is 25.2. The second-order valence-electron chi connectivity index (χ2n) is 8.03. The summed E-state index contributed by atoms with van der Waals surface area (Å²) in [4.78, 5) is 13.1. The highest BCUT2D eigenvalue weighted by atomic mass is 35.5. The number of aliphatic hydroxyl groups excluding tert-OH is 4. The Morgan fingerprint density at radius 2 is 1.70 bits per heavy atom. The van der Waals surface area contributed by atoms with Gasteiger partial charge >= 0.3 is 0 Å². The fraction of sp³-hybridized carbons (Fsp3) is 0.320. The summed E-state index contributed by atoms with van der Waals surface area (Å²) in [5, 5.41) is 42.0. The van der Waals surface area contributed by atoms with Crippen LogP contribution in [0.3, 0.4) is 0 Å². The number of ketones is 1. The summed E-state index contributed by atoms with van der Waals surface area (Å²) < 4.78 is 11.1. The molecule has 1 fully saturated rings. The molecule has 0 aromatic heterocycles. The molecular weight excluding hydrogens is 448 g/mol. The van der Waals surface area contributed by atoms with Gasteiger partial charge in [-0.1, -0.05) is 60.1 Å². The predicted octanol–water partition coefficient (Wildman–Crippen LogP) is 2.49. The van der Waals surface area contributed by atoms with Crippen molar-refractivity contribution in [3.8, 4) is 5.75 Å². The molecule has 1 aliphatic heterocycles. The summed E-state index contributed by atoms with van der Waals surface area (Å²) in [5.41, 5.74) is 1.14. The van der Waals surface area contributed by atoms with Gasteiger partial charge in [-0.15, -0.1) is 0 Å². The van der Waals surface area contributed by atoms with Crippen LogP contribution in [0.2, 0.25) is 5.02 Å². The molecule has 3 aromatic rings. The number of aliphatic hydroxyl groups is 4. The minimum absolute atomic E-state index is 0.0790. The molecule has 1 saturated heterocycles. The summed E-state index contributed by atoms with van der Waals surface area (Å²) in [5.74, 6) is -0.177. The SMILES string of the molecule is O=C(CCc1ccc2ccccc2c1)c1c(Cl)cccc1O[C@@H]1O[C@H](CO)[C@@H](O)[C@H](O)[C@H]1O. The lowest BCUT2D eigenvalue weighted by Crippen LogP contribution is -2.60. The molecule has 0 spiro atoms. The smallest absolute Gasteiger partial charge is 0.229 e. The van der Waals surface area contributed by atoms with Crippen LogP contribution in [0, 0.1) is 0 Å². The quantitative estimate of drug-likeness (QED) is 0.390. The van der Waals surface area contributed by atoms with Crippen LogP contribution in [0.1, 0.15) is 22.3 Å². The lowest BCUT2D eigenvalue weighted by atomic mass is 9.98. The van der Waals surface area contributed by atoms with Crippen LogP contribution >= 0.6 is 11.6 Å². The molecule has 174 valence electrons. The Kier molecular flexibility index (Phi) is 7.29. The van der Waals surface area contributed by atoms with Crippen LogP contribution < -0.4 is 4.74 Å². The third-order valence-electron chi connectivity index (χ3n) is 5.80. The Balaban J connectivity index is 1.51. The zero-order valence-electron chi connectivity index (χ0n) is 17.7. The van der Waals surface area contributed by atoms with Gasteiger partial charge in [0.05, 0.1) is 17.2 Å². The van der Waals surface area contributed by atoms with Crippen molar-refractivity contribution in [1.29, 1.82) is 0 Å². The van der Waals surface area contributed by atoms with E-state index in [0.29, 0.717) is 6.42 Å². The van der Waals surface area contributed by atoms with Crippen LogP contribution in [0.25, 0.3) is 10.8 Å². The first-order chi connectivity index (χ1) is 15.9. The highest BCUT2D eigenvalue weighted by Crippen LogP contribution is 2.32. The minimum atomic E-state index is -1.60. The third-order valence-corrected chi connectivity index (χ3v) is 6.12. The van der Waals surface area contributed by atoms with Gasteiger partial charge in [-0.25, -0.2) is 0 Å². The monoisotopic (exact) mass is 472 g/mol. The molecule has 33 heavy (non-hydrogen) atoms. The number of halogens is 1. The maximum absolute atomic E-state index is 13.1. The molecule has 8 heteroatoms. The Morgan fingerprint density at radius 1 is 0.939 bits per heavy atom. The first-order valence-corrected chi connectivity index (χ1v) is 11.0. The van der Waals surface area contributed by atoms with Crippen molar-refractivity contribution >= 4 is 28.2 Å². The van der Waals surface area contributed by atoms with Crippen LogP contribution in [0.15, 0.2) is 60.7 Å². The highest BCUT2D eigenvalue weighted by molar-refractivity contribution is 6.34. The van der Waals surface area contributed by atoms with E-state index in [2.05, 4.69) is 0 Å². The molecule has 7 nitrogen and oxygen atoms in total. The van der Waals surface area contributed by atoms with Crippen LogP contribution in [-0.4, -0.2) is 63.5 Å². The summed E-state index contributed by atoms with van der Waals surface area (Å²) in [6.45, 7) is -0.585. The average Bonchev–Trinajstić information content (AvgIpc) is 2.82. The van der Waals surface area contributed by atoms with Crippen molar-refractivity contribution in [1.82, 2.24) is 0 Å². The second-order valence-corrected chi connectivity index (χ2v) is 8.44. The van der Waals surface area contributed by atoms with E-state index in [1.54, 1.807) is 12.1 Å². The van der Waals surface area contributed by atoms with Crippen molar-refractivity contribution < 1.29 is 34.7 Å². The number of fused-ring (bicyclic) bond motifs is 1. The number of carbonyl (C=O) groups excluding carboxylic acids is 1. The van der Waals surface area contributed by atoms with Gasteiger partial charge in [0.15, 0.2) is 5.78 Å². The number of hydrogen-bond donors (Lipinski definition) is 4. The molecule has 0 radical (unpaired) electrons. The van der Waals surface area contributed by atoms with Gasteiger partial charge in [0.2, 0.25) is 6.29 Å². The van der Waals surface area contributed by atoms with E-state index in [9.17, 15) is 25.2 Å². The van der Waals surface area contributed by atoms with Crippen LogP contribution in [-0.2, 0) is 11.2 Å². The molecule has 1 heterocycles. The van der Waals surface area contributed by atoms with Gasteiger partial charge in [0.1, 0.15) is 30.2 Å². The topological polar surface area (TPSA) is 116 Å². The Hall–Kier alpha value is -2.52. The van der Waals surface area contributed by atoms with Crippen molar-refractivity contribution in [3.63, 3.8) is 0 Å². The van der Waals surface area contributed by atoms with Gasteiger partial charge < -0.3 is 29.9 Å². The minimum Gasteiger partial charge on any atom is -0.461 e. The molecule has 1 aliphatic rings.